The molecule has 0 aliphatic heterocycles. The van der Waals surface area contributed by atoms with E-state index in [1.54, 1.807) is 31.3 Å². The van der Waals surface area contributed by atoms with Gasteiger partial charge in [-0.25, -0.2) is 13.9 Å². The number of ether oxygens (including phenoxy) is 1. The quantitative estimate of drug-likeness (QED) is 0.772. The molecule has 3 aromatic rings. The predicted molar refractivity (Wildman–Crippen MR) is 85.7 cm³/mol. The highest BCUT2D eigenvalue weighted by molar-refractivity contribution is 5.92. The van der Waals surface area contributed by atoms with Gasteiger partial charge in [-0.2, -0.15) is 0 Å². The van der Waals surface area contributed by atoms with Gasteiger partial charge in [0.2, 0.25) is 5.91 Å². The smallest absolute Gasteiger partial charge is 0.350 e. The van der Waals surface area contributed by atoms with Crippen molar-refractivity contribution in [1.29, 1.82) is 0 Å². The zero-order chi connectivity index (χ0) is 17.1. The molecule has 7 nitrogen and oxygen atoms in total. The van der Waals surface area contributed by atoms with Gasteiger partial charge in [-0.3, -0.25) is 9.20 Å². The Labute approximate surface area is 136 Å². The summed E-state index contributed by atoms with van der Waals surface area (Å²) in [5.74, 6) is -0.700. The number of nitrogens with zero attached hydrogens (tertiary/aromatic N) is 3. The SMILES string of the molecule is CCOc1cc(F)ccc1NC(=O)Cn1nc2ccccn2c1=O. The summed E-state index contributed by atoms with van der Waals surface area (Å²) in [7, 11) is 0. The highest BCUT2D eigenvalue weighted by atomic mass is 19.1. The Balaban J connectivity index is 1.80. The van der Waals surface area contributed by atoms with E-state index in [4.69, 9.17) is 4.74 Å². The van der Waals surface area contributed by atoms with E-state index < -0.39 is 17.4 Å². The van der Waals surface area contributed by atoms with Crippen LogP contribution in [-0.4, -0.2) is 26.7 Å². The molecule has 1 amide bonds. The third-order valence-electron chi connectivity index (χ3n) is 3.30. The number of fused-ring (bicyclic) bond motifs is 1. The van der Waals surface area contributed by atoms with Crippen molar-refractivity contribution in [2.45, 2.75) is 13.5 Å². The van der Waals surface area contributed by atoms with E-state index in [9.17, 15) is 14.0 Å². The molecule has 124 valence electrons. The summed E-state index contributed by atoms with van der Waals surface area (Å²) in [6, 6.07) is 8.94. The third-order valence-corrected chi connectivity index (χ3v) is 3.30. The van der Waals surface area contributed by atoms with Gasteiger partial charge in [0.25, 0.3) is 0 Å². The first-order valence-electron chi connectivity index (χ1n) is 7.35. The van der Waals surface area contributed by atoms with Crippen LogP contribution in [0.3, 0.4) is 0 Å². The van der Waals surface area contributed by atoms with Crippen LogP contribution in [0.5, 0.6) is 5.75 Å². The van der Waals surface area contributed by atoms with E-state index in [2.05, 4.69) is 10.4 Å². The Morgan fingerprint density at radius 1 is 1.33 bits per heavy atom. The number of benzene rings is 1. The molecule has 2 aromatic heterocycles. The molecule has 2 heterocycles. The third kappa shape index (κ3) is 3.12. The van der Waals surface area contributed by atoms with Gasteiger partial charge >= 0.3 is 5.69 Å². The van der Waals surface area contributed by atoms with Crippen LogP contribution in [0, 0.1) is 5.82 Å². The normalized spacial score (nSPS) is 10.8. The van der Waals surface area contributed by atoms with Crippen molar-refractivity contribution in [2.24, 2.45) is 0 Å². The molecule has 0 bridgehead atoms. The van der Waals surface area contributed by atoms with Gasteiger partial charge in [-0.1, -0.05) is 6.07 Å². The maximum Gasteiger partial charge on any atom is 0.350 e. The van der Waals surface area contributed by atoms with Crippen LogP contribution in [-0.2, 0) is 11.3 Å². The number of pyridine rings is 1. The van der Waals surface area contributed by atoms with Gasteiger partial charge < -0.3 is 10.1 Å². The lowest BCUT2D eigenvalue weighted by Crippen LogP contribution is -2.28. The number of anilines is 1. The molecule has 1 N–H and O–H groups in total. The zero-order valence-electron chi connectivity index (χ0n) is 12.9. The van der Waals surface area contributed by atoms with Gasteiger partial charge in [0, 0.05) is 12.3 Å². The lowest BCUT2D eigenvalue weighted by atomic mass is 10.2. The molecule has 24 heavy (non-hydrogen) atoms. The van der Waals surface area contributed by atoms with Crippen molar-refractivity contribution in [3.63, 3.8) is 0 Å². The summed E-state index contributed by atoms with van der Waals surface area (Å²) < 4.78 is 21.0. The first kappa shape index (κ1) is 15.7. The van der Waals surface area contributed by atoms with Crippen LogP contribution in [0.1, 0.15) is 6.92 Å². The molecular weight excluding hydrogens is 315 g/mol. The number of nitrogens with one attached hydrogen (secondary N) is 1. The number of halogens is 1. The van der Waals surface area contributed by atoms with Gasteiger partial charge in [-0.05, 0) is 31.2 Å². The second-order valence-corrected chi connectivity index (χ2v) is 4.99. The Hall–Kier alpha value is -3.16. The summed E-state index contributed by atoms with van der Waals surface area (Å²) >= 11 is 0. The van der Waals surface area contributed by atoms with Crippen molar-refractivity contribution in [3.8, 4) is 5.75 Å². The Bertz CT molecular complexity index is 948. The fraction of sp³-hybridized carbons (Fsp3) is 0.188. The Morgan fingerprint density at radius 2 is 2.17 bits per heavy atom. The fourth-order valence-electron chi connectivity index (χ4n) is 2.27. The molecule has 0 aliphatic carbocycles. The molecule has 0 saturated carbocycles. The zero-order valence-corrected chi connectivity index (χ0v) is 12.9. The minimum absolute atomic E-state index is 0.230. The van der Waals surface area contributed by atoms with Crippen molar-refractivity contribution >= 4 is 17.2 Å². The van der Waals surface area contributed by atoms with Crippen LogP contribution >= 0.6 is 0 Å². The first-order valence-corrected chi connectivity index (χ1v) is 7.35. The van der Waals surface area contributed by atoms with E-state index in [0.717, 1.165) is 4.68 Å². The van der Waals surface area contributed by atoms with Crippen molar-refractivity contribution in [2.75, 3.05) is 11.9 Å². The van der Waals surface area contributed by atoms with Crippen molar-refractivity contribution in [1.82, 2.24) is 14.2 Å². The lowest BCUT2D eigenvalue weighted by Gasteiger charge is -2.11. The molecule has 0 atom stereocenters. The Morgan fingerprint density at radius 3 is 2.92 bits per heavy atom. The summed E-state index contributed by atoms with van der Waals surface area (Å²) in [5, 5.41) is 6.68. The molecule has 3 rings (SSSR count). The molecule has 0 spiro atoms. The van der Waals surface area contributed by atoms with E-state index in [1.807, 2.05) is 0 Å². The summed E-state index contributed by atoms with van der Waals surface area (Å²) in [6.07, 6.45) is 1.58. The maximum absolute atomic E-state index is 13.3. The second-order valence-electron chi connectivity index (χ2n) is 4.99. The van der Waals surface area contributed by atoms with Crippen LogP contribution in [0.15, 0.2) is 47.4 Å². The second kappa shape index (κ2) is 6.53. The number of aromatic nitrogens is 3. The van der Waals surface area contributed by atoms with E-state index in [0.29, 0.717) is 17.9 Å². The number of amides is 1. The average molecular weight is 330 g/mol. The van der Waals surface area contributed by atoms with E-state index in [-0.39, 0.29) is 12.3 Å². The van der Waals surface area contributed by atoms with Crippen LogP contribution in [0.2, 0.25) is 0 Å². The summed E-state index contributed by atoms with van der Waals surface area (Å²) in [6.45, 7) is 1.83. The lowest BCUT2D eigenvalue weighted by molar-refractivity contribution is -0.117. The number of carbonyl (C=O) groups is 1. The van der Waals surface area contributed by atoms with Gasteiger partial charge in [0.15, 0.2) is 5.65 Å². The first-order chi connectivity index (χ1) is 11.6. The monoisotopic (exact) mass is 330 g/mol. The molecule has 1 aromatic carbocycles. The Kier molecular flexibility index (Phi) is 4.28. The van der Waals surface area contributed by atoms with Crippen LogP contribution in [0.4, 0.5) is 10.1 Å². The highest BCUT2D eigenvalue weighted by Gasteiger charge is 2.13. The number of rotatable bonds is 5. The molecule has 0 radical (unpaired) electrons. The maximum atomic E-state index is 13.3. The van der Waals surface area contributed by atoms with Crippen molar-refractivity contribution < 1.29 is 13.9 Å². The molecule has 0 fully saturated rings. The fourth-order valence-corrected chi connectivity index (χ4v) is 2.27. The number of hydrogen-bond donors (Lipinski definition) is 1. The number of carbonyl (C=O) groups excluding carboxylic acids is 1. The van der Waals surface area contributed by atoms with E-state index in [1.165, 1.54) is 22.6 Å². The van der Waals surface area contributed by atoms with Crippen molar-refractivity contribution in [3.05, 3.63) is 58.9 Å². The molecule has 0 aliphatic rings. The standard InChI is InChI=1S/C16H15FN4O3/c1-2-24-13-9-11(17)6-7-12(13)18-15(22)10-21-16(23)20-8-4-3-5-14(20)19-21/h3-9H,2,10H2,1H3,(H,18,22). The minimum Gasteiger partial charge on any atom is -0.492 e. The van der Waals surface area contributed by atoms with Crippen LogP contribution < -0.4 is 15.7 Å². The highest BCUT2D eigenvalue weighted by Crippen LogP contribution is 2.25. The van der Waals surface area contributed by atoms with Gasteiger partial charge in [-0.15, -0.1) is 5.10 Å². The average Bonchev–Trinajstić information content (AvgIpc) is 2.87. The predicted octanol–water partition coefficient (Wildman–Crippen LogP) is 1.67. The largest absolute Gasteiger partial charge is 0.492 e. The number of hydrogen-bond acceptors (Lipinski definition) is 4. The topological polar surface area (TPSA) is 77.6 Å². The minimum atomic E-state index is -0.465. The van der Waals surface area contributed by atoms with Gasteiger partial charge in [0.05, 0.1) is 12.3 Å². The molecule has 0 saturated heterocycles. The summed E-state index contributed by atoms with van der Waals surface area (Å²) in [4.78, 5) is 24.3. The van der Waals surface area contributed by atoms with Gasteiger partial charge in [0.1, 0.15) is 18.1 Å². The summed E-state index contributed by atoms with van der Waals surface area (Å²) in [5.41, 5.74) is 0.372. The van der Waals surface area contributed by atoms with E-state index >= 15 is 0 Å². The molecule has 8 heteroatoms. The molecular formula is C16H15FN4O3. The molecule has 0 unspecified atom stereocenters. The van der Waals surface area contributed by atoms with Crippen LogP contribution in [0.25, 0.3) is 5.65 Å².